The topological polar surface area (TPSA) is 75.5 Å². The molecule has 0 spiro atoms. The highest BCUT2D eigenvalue weighted by Crippen LogP contribution is 2.30. The molecule has 0 saturated carbocycles. The predicted molar refractivity (Wildman–Crippen MR) is 61.4 cm³/mol. The average Bonchev–Trinajstić information content (AvgIpc) is 2.71. The van der Waals surface area contributed by atoms with Crippen LogP contribution in [-0.2, 0) is 6.54 Å². The lowest BCUT2D eigenvalue weighted by atomic mass is 10.1. The molecular weight excluding hydrogens is 190 g/mol. The highest BCUT2D eigenvalue weighted by atomic mass is 16.3. The fourth-order valence-electron chi connectivity index (χ4n) is 2.00. The average molecular weight is 207 g/mol. The van der Waals surface area contributed by atoms with Crippen molar-refractivity contribution in [2.45, 2.75) is 19.4 Å². The van der Waals surface area contributed by atoms with Crippen molar-refractivity contribution in [2.24, 2.45) is 0 Å². The molecule has 1 fully saturated rings. The summed E-state index contributed by atoms with van der Waals surface area (Å²) in [6.07, 6.45) is 2.45. The first-order valence-electron chi connectivity index (χ1n) is 5.26. The Morgan fingerprint density at radius 3 is 2.53 bits per heavy atom. The number of nitrogens with zero attached hydrogens (tertiary/aromatic N) is 1. The minimum Gasteiger partial charge on any atom is -0.508 e. The number of nitrogen functional groups attached to an aromatic ring is 2. The minimum atomic E-state index is 0.244. The molecule has 4 nitrogen and oxygen atoms in total. The van der Waals surface area contributed by atoms with Crippen LogP contribution in [0.2, 0.25) is 0 Å². The van der Waals surface area contributed by atoms with Gasteiger partial charge in [0.15, 0.2) is 0 Å². The van der Waals surface area contributed by atoms with Crippen molar-refractivity contribution < 1.29 is 5.11 Å². The third-order valence-corrected chi connectivity index (χ3v) is 2.95. The smallest absolute Gasteiger partial charge is 0.122 e. The van der Waals surface area contributed by atoms with Crippen LogP contribution in [-0.4, -0.2) is 23.1 Å². The standard InChI is InChI=1S/C11H17N3O/c12-9-3-4-10(15)8(11(9)13)7-14-5-1-2-6-14/h3-4,15H,1-2,5-7,12-13H2. The van der Waals surface area contributed by atoms with Crippen molar-refractivity contribution in [2.75, 3.05) is 24.6 Å². The van der Waals surface area contributed by atoms with E-state index in [0.717, 1.165) is 18.7 Å². The van der Waals surface area contributed by atoms with Crippen molar-refractivity contribution in [1.82, 2.24) is 4.90 Å². The number of phenolic OH excluding ortho intramolecular Hbond substituents is 1. The molecule has 4 heteroatoms. The van der Waals surface area contributed by atoms with Gasteiger partial charge in [0, 0.05) is 12.1 Å². The largest absolute Gasteiger partial charge is 0.508 e. The Labute approximate surface area is 89.5 Å². The van der Waals surface area contributed by atoms with E-state index in [2.05, 4.69) is 4.90 Å². The summed E-state index contributed by atoms with van der Waals surface area (Å²) in [6.45, 7) is 2.85. The van der Waals surface area contributed by atoms with Gasteiger partial charge in [-0.25, -0.2) is 0 Å². The second-order valence-corrected chi connectivity index (χ2v) is 4.05. The number of hydrogen-bond acceptors (Lipinski definition) is 4. The molecule has 15 heavy (non-hydrogen) atoms. The highest BCUT2D eigenvalue weighted by Gasteiger charge is 2.16. The van der Waals surface area contributed by atoms with Crippen molar-refractivity contribution in [3.8, 4) is 5.75 Å². The number of aromatic hydroxyl groups is 1. The van der Waals surface area contributed by atoms with E-state index in [1.54, 1.807) is 12.1 Å². The van der Waals surface area contributed by atoms with Crippen LogP contribution in [0.25, 0.3) is 0 Å². The molecule has 0 aliphatic carbocycles. The minimum absolute atomic E-state index is 0.244. The monoisotopic (exact) mass is 207 g/mol. The van der Waals surface area contributed by atoms with Gasteiger partial charge in [-0.15, -0.1) is 0 Å². The van der Waals surface area contributed by atoms with E-state index in [1.807, 2.05) is 0 Å². The molecule has 1 aromatic rings. The number of benzene rings is 1. The summed E-state index contributed by atoms with van der Waals surface area (Å²) in [5, 5.41) is 9.71. The third kappa shape index (κ3) is 1.99. The number of rotatable bonds is 2. The number of phenols is 1. The van der Waals surface area contributed by atoms with E-state index in [1.165, 1.54) is 12.8 Å². The highest BCUT2D eigenvalue weighted by molar-refractivity contribution is 5.70. The molecular formula is C11H17N3O. The molecule has 0 bridgehead atoms. The van der Waals surface area contributed by atoms with E-state index >= 15 is 0 Å². The molecule has 0 radical (unpaired) electrons. The molecule has 0 unspecified atom stereocenters. The van der Waals surface area contributed by atoms with Crippen molar-refractivity contribution in [3.05, 3.63) is 17.7 Å². The van der Waals surface area contributed by atoms with Crippen LogP contribution in [0.5, 0.6) is 5.75 Å². The Morgan fingerprint density at radius 2 is 1.87 bits per heavy atom. The lowest BCUT2D eigenvalue weighted by Gasteiger charge is -2.17. The molecule has 1 aliphatic heterocycles. The van der Waals surface area contributed by atoms with Crippen LogP contribution in [0.4, 0.5) is 11.4 Å². The normalized spacial score (nSPS) is 17.1. The zero-order valence-electron chi connectivity index (χ0n) is 8.74. The molecule has 1 heterocycles. The molecule has 1 aromatic carbocycles. The molecule has 82 valence electrons. The first kappa shape index (κ1) is 10.1. The summed E-state index contributed by atoms with van der Waals surface area (Å²) in [7, 11) is 0. The number of anilines is 2. The molecule has 0 atom stereocenters. The van der Waals surface area contributed by atoms with Gasteiger partial charge in [0.1, 0.15) is 5.75 Å². The quantitative estimate of drug-likeness (QED) is 0.502. The van der Waals surface area contributed by atoms with Crippen LogP contribution >= 0.6 is 0 Å². The van der Waals surface area contributed by atoms with Gasteiger partial charge in [0.2, 0.25) is 0 Å². The predicted octanol–water partition coefficient (Wildman–Crippen LogP) is 1.15. The first-order chi connectivity index (χ1) is 7.18. The Hall–Kier alpha value is -1.42. The summed E-state index contributed by atoms with van der Waals surface area (Å²) in [5.41, 5.74) is 13.4. The Morgan fingerprint density at radius 1 is 1.20 bits per heavy atom. The molecule has 5 N–H and O–H groups in total. The van der Waals surface area contributed by atoms with Gasteiger partial charge in [-0.2, -0.15) is 0 Å². The Balaban J connectivity index is 2.22. The Kier molecular flexibility index (Phi) is 2.68. The van der Waals surface area contributed by atoms with E-state index in [9.17, 15) is 5.11 Å². The number of likely N-dealkylation sites (tertiary alicyclic amines) is 1. The summed E-state index contributed by atoms with van der Waals surface area (Å²) in [6, 6.07) is 3.25. The SMILES string of the molecule is Nc1ccc(O)c(CN2CCCC2)c1N. The second kappa shape index (κ2) is 3.98. The van der Waals surface area contributed by atoms with Crippen LogP contribution in [0.15, 0.2) is 12.1 Å². The molecule has 1 saturated heterocycles. The van der Waals surface area contributed by atoms with E-state index in [-0.39, 0.29) is 5.75 Å². The Bertz CT molecular complexity index is 359. The summed E-state index contributed by atoms with van der Waals surface area (Å²) < 4.78 is 0. The van der Waals surface area contributed by atoms with E-state index < -0.39 is 0 Å². The summed E-state index contributed by atoms with van der Waals surface area (Å²) in [4.78, 5) is 2.28. The van der Waals surface area contributed by atoms with Gasteiger partial charge in [0.05, 0.1) is 11.4 Å². The maximum atomic E-state index is 9.71. The zero-order valence-corrected chi connectivity index (χ0v) is 8.74. The van der Waals surface area contributed by atoms with Crippen LogP contribution in [0.3, 0.4) is 0 Å². The van der Waals surface area contributed by atoms with Crippen LogP contribution < -0.4 is 11.5 Å². The van der Waals surface area contributed by atoms with Gasteiger partial charge in [-0.1, -0.05) is 0 Å². The molecule has 0 amide bonds. The maximum Gasteiger partial charge on any atom is 0.122 e. The lowest BCUT2D eigenvalue weighted by molar-refractivity contribution is 0.325. The van der Waals surface area contributed by atoms with E-state index in [0.29, 0.717) is 17.9 Å². The molecule has 1 aliphatic rings. The van der Waals surface area contributed by atoms with Crippen molar-refractivity contribution >= 4 is 11.4 Å². The first-order valence-corrected chi connectivity index (χ1v) is 5.26. The maximum absolute atomic E-state index is 9.71. The molecule has 0 aromatic heterocycles. The van der Waals surface area contributed by atoms with Gasteiger partial charge in [-0.05, 0) is 38.1 Å². The van der Waals surface area contributed by atoms with Gasteiger partial charge in [-0.3, -0.25) is 4.90 Å². The molecule has 2 rings (SSSR count). The van der Waals surface area contributed by atoms with Gasteiger partial charge >= 0.3 is 0 Å². The third-order valence-electron chi connectivity index (χ3n) is 2.95. The summed E-state index contributed by atoms with van der Waals surface area (Å²) >= 11 is 0. The fraction of sp³-hybridized carbons (Fsp3) is 0.455. The lowest BCUT2D eigenvalue weighted by Crippen LogP contribution is -2.19. The van der Waals surface area contributed by atoms with Crippen molar-refractivity contribution in [1.29, 1.82) is 0 Å². The zero-order chi connectivity index (χ0) is 10.8. The van der Waals surface area contributed by atoms with E-state index in [4.69, 9.17) is 11.5 Å². The van der Waals surface area contributed by atoms with Crippen LogP contribution in [0.1, 0.15) is 18.4 Å². The summed E-state index contributed by atoms with van der Waals surface area (Å²) in [5.74, 6) is 0.244. The fourth-order valence-corrected chi connectivity index (χ4v) is 2.00. The number of hydrogen-bond donors (Lipinski definition) is 3. The van der Waals surface area contributed by atoms with Crippen molar-refractivity contribution in [3.63, 3.8) is 0 Å². The van der Waals surface area contributed by atoms with Crippen LogP contribution in [0, 0.1) is 0 Å². The van der Waals surface area contributed by atoms with Gasteiger partial charge < -0.3 is 16.6 Å². The van der Waals surface area contributed by atoms with Gasteiger partial charge in [0.25, 0.3) is 0 Å². The second-order valence-electron chi connectivity index (χ2n) is 4.05. The number of nitrogens with two attached hydrogens (primary N) is 2.